The first-order chi connectivity index (χ1) is 9.56. The van der Waals surface area contributed by atoms with Crippen molar-refractivity contribution in [1.82, 2.24) is 5.32 Å². The second-order valence-corrected chi connectivity index (χ2v) is 5.77. The van der Waals surface area contributed by atoms with Crippen LogP contribution in [-0.2, 0) is 4.79 Å². The molecule has 2 N–H and O–H groups in total. The highest BCUT2D eigenvalue weighted by Crippen LogP contribution is 2.21. The van der Waals surface area contributed by atoms with Crippen LogP contribution in [0.5, 0.6) is 0 Å². The predicted molar refractivity (Wildman–Crippen MR) is 79.6 cm³/mol. The standard InChI is InChI=1S/C16H22N2O2/c1-11(2)7-10-15(19)18-14-6-4-3-5-13(14)16(20)17-12-8-9-12/h3-6,11-12H,7-10H2,1-2H3,(H,17,20)(H,18,19). The van der Waals surface area contributed by atoms with Crippen LogP contribution in [0.15, 0.2) is 24.3 Å². The monoisotopic (exact) mass is 274 g/mol. The summed E-state index contributed by atoms with van der Waals surface area (Å²) < 4.78 is 0. The first-order valence-electron chi connectivity index (χ1n) is 7.26. The molecule has 4 nitrogen and oxygen atoms in total. The molecule has 2 rings (SSSR count). The van der Waals surface area contributed by atoms with Crippen molar-refractivity contribution in [3.63, 3.8) is 0 Å². The zero-order valence-electron chi connectivity index (χ0n) is 12.1. The van der Waals surface area contributed by atoms with Crippen LogP contribution >= 0.6 is 0 Å². The van der Waals surface area contributed by atoms with Gasteiger partial charge in [-0.05, 0) is 37.3 Å². The maximum absolute atomic E-state index is 12.1. The third-order valence-corrected chi connectivity index (χ3v) is 3.31. The summed E-state index contributed by atoms with van der Waals surface area (Å²) in [7, 11) is 0. The normalized spacial score (nSPS) is 14.2. The van der Waals surface area contributed by atoms with Crippen LogP contribution < -0.4 is 10.6 Å². The van der Waals surface area contributed by atoms with Gasteiger partial charge in [-0.25, -0.2) is 0 Å². The van der Waals surface area contributed by atoms with E-state index in [4.69, 9.17) is 0 Å². The van der Waals surface area contributed by atoms with E-state index in [9.17, 15) is 9.59 Å². The average molecular weight is 274 g/mol. The molecule has 1 fully saturated rings. The number of hydrogen-bond donors (Lipinski definition) is 2. The van der Waals surface area contributed by atoms with E-state index in [1.165, 1.54) is 0 Å². The zero-order valence-corrected chi connectivity index (χ0v) is 12.1. The number of anilines is 1. The molecule has 0 spiro atoms. The van der Waals surface area contributed by atoms with Gasteiger partial charge in [0.15, 0.2) is 0 Å². The predicted octanol–water partition coefficient (Wildman–Crippen LogP) is 2.95. The maximum Gasteiger partial charge on any atom is 0.253 e. The smallest absolute Gasteiger partial charge is 0.253 e. The number of benzene rings is 1. The van der Waals surface area contributed by atoms with E-state index < -0.39 is 0 Å². The molecule has 0 atom stereocenters. The van der Waals surface area contributed by atoms with Crippen LogP contribution in [0.4, 0.5) is 5.69 Å². The summed E-state index contributed by atoms with van der Waals surface area (Å²) in [5.41, 5.74) is 1.14. The van der Waals surface area contributed by atoms with E-state index in [1.807, 2.05) is 12.1 Å². The molecule has 0 aromatic heterocycles. The minimum atomic E-state index is -0.104. The highest BCUT2D eigenvalue weighted by molar-refractivity contribution is 6.03. The van der Waals surface area contributed by atoms with Crippen LogP contribution in [0.3, 0.4) is 0 Å². The molecule has 0 saturated heterocycles. The van der Waals surface area contributed by atoms with Gasteiger partial charge in [0.25, 0.3) is 5.91 Å². The highest BCUT2D eigenvalue weighted by atomic mass is 16.2. The fraction of sp³-hybridized carbons (Fsp3) is 0.500. The number of para-hydroxylation sites is 1. The molecule has 0 unspecified atom stereocenters. The Labute approximate surface area is 119 Å². The van der Waals surface area contributed by atoms with E-state index >= 15 is 0 Å². The van der Waals surface area contributed by atoms with Crippen molar-refractivity contribution in [2.24, 2.45) is 5.92 Å². The Morgan fingerprint density at radius 1 is 1.25 bits per heavy atom. The lowest BCUT2D eigenvalue weighted by Crippen LogP contribution is -2.27. The summed E-state index contributed by atoms with van der Waals surface area (Å²) in [5, 5.41) is 5.78. The number of carbonyl (C=O) groups is 2. The minimum absolute atomic E-state index is 0.0367. The van der Waals surface area contributed by atoms with Crippen molar-refractivity contribution in [3.05, 3.63) is 29.8 Å². The molecule has 0 aliphatic heterocycles. The van der Waals surface area contributed by atoms with Crippen LogP contribution in [0.1, 0.15) is 49.9 Å². The summed E-state index contributed by atoms with van der Waals surface area (Å²) in [6.45, 7) is 4.18. The Balaban J connectivity index is 1.99. The van der Waals surface area contributed by atoms with Crippen LogP contribution in [0.25, 0.3) is 0 Å². The second-order valence-electron chi connectivity index (χ2n) is 5.77. The number of carbonyl (C=O) groups excluding carboxylic acids is 2. The summed E-state index contributed by atoms with van der Waals surface area (Å²) in [6, 6.07) is 7.47. The summed E-state index contributed by atoms with van der Waals surface area (Å²) in [5.74, 6) is 0.354. The van der Waals surface area contributed by atoms with Crippen LogP contribution in [0, 0.1) is 5.92 Å². The molecule has 1 aliphatic carbocycles. The Kier molecular flexibility index (Phi) is 4.77. The fourth-order valence-corrected chi connectivity index (χ4v) is 1.91. The van der Waals surface area contributed by atoms with E-state index in [-0.39, 0.29) is 11.8 Å². The average Bonchev–Trinajstić information content (AvgIpc) is 3.21. The second kappa shape index (κ2) is 6.55. The van der Waals surface area contributed by atoms with Gasteiger partial charge in [-0.1, -0.05) is 26.0 Å². The van der Waals surface area contributed by atoms with Gasteiger partial charge in [-0.2, -0.15) is 0 Å². The Morgan fingerprint density at radius 2 is 1.95 bits per heavy atom. The zero-order chi connectivity index (χ0) is 14.5. The fourth-order valence-electron chi connectivity index (χ4n) is 1.91. The first kappa shape index (κ1) is 14.6. The lowest BCUT2D eigenvalue weighted by atomic mass is 10.1. The molecule has 20 heavy (non-hydrogen) atoms. The van der Waals surface area contributed by atoms with Gasteiger partial charge in [-0.3, -0.25) is 9.59 Å². The number of nitrogens with one attached hydrogen (secondary N) is 2. The molecular formula is C16H22N2O2. The van der Waals surface area contributed by atoms with Gasteiger partial charge in [-0.15, -0.1) is 0 Å². The molecule has 2 amide bonds. The number of hydrogen-bond acceptors (Lipinski definition) is 2. The quantitative estimate of drug-likeness (QED) is 0.838. The largest absolute Gasteiger partial charge is 0.349 e. The van der Waals surface area contributed by atoms with Crippen LogP contribution in [-0.4, -0.2) is 17.9 Å². The summed E-state index contributed by atoms with van der Waals surface area (Å²) >= 11 is 0. The van der Waals surface area contributed by atoms with E-state index in [2.05, 4.69) is 24.5 Å². The molecule has 1 aromatic rings. The molecule has 1 saturated carbocycles. The van der Waals surface area contributed by atoms with Crippen molar-refractivity contribution in [3.8, 4) is 0 Å². The summed E-state index contributed by atoms with van der Waals surface area (Å²) in [4.78, 5) is 24.0. The molecule has 108 valence electrons. The molecule has 4 heteroatoms. The summed E-state index contributed by atoms with van der Waals surface area (Å²) in [6.07, 6.45) is 3.43. The van der Waals surface area contributed by atoms with E-state index in [0.717, 1.165) is 19.3 Å². The van der Waals surface area contributed by atoms with Crippen molar-refractivity contribution >= 4 is 17.5 Å². The Morgan fingerprint density at radius 3 is 2.60 bits per heavy atom. The maximum atomic E-state index is 12.1. The number of amides is 2. The molecule has 1 aromatic carbocycles. The van der Waals surface area contributed by atoms with Crippen molar-refractivity contribution < 1.29 is 9.59 Å². The Bertz CT molecular complexity index is 493. The third kappa shape index (κ3) is 4.37. The van der Waals surface area contributed by atoms with Crippen molar-refractivity contribution in [1.29, 1.82) is 0 Å². The molecule has 1 aliphatic rings. The molecular weight excluding hydrogens is 252 g/mol. The van der Waals surface area contributed by atoms with Gasteiger partial charge in [0, 0.05) is 12.5 Å². The SMILES string of the molecule is CC(C)CCC(=O)Nc1ccccc1C(=O)NC1CC1. The Hall–Kier alpha value is -1.84. The lowest BCUT2D eigenvalue weighted by molar-refractivity contribution is -0.116. The van der Waals surface area contributed by atoms with E-state index in [1.54, 1.807) is 12.1 Å². The molecule has 0 bridgehead atoms. The van der Waals surface area contributed by atoms with E-state index in [0.29, 0.717) is 29.6 Å². The van der Waals surface area contributed by atoms with Crippen LogP contribution in [0.2, 0.25) is 0 Å². The van der Waals surface area contributed by atoms with Gasteiger partial charge >= 0.3 is 0 Å². The molecule has 0 heterocycles. The van der Waals surface area contributed by atoms with Gasteiger partial charge < -0.3 is 10.6 Å². The van der Waals surface area contributed by atoms with Gasteiger partial charge in [0.05, 0.1) is 11.3 Å². The van der Waals surface area contributed by atoms with Crippen molar-refractivity contribution in [2.75, 3.05) is 5.32 Å². The first-order valence-corrected chi connectivity index (χ1v) is 7.26. The van der Waals surface area contributed by atoms with Gasteiger partial charge in [0.2, 0.25) is 5.91 Å². The topological polar surface area (TPSA) is 58.2 Å². The minimum Gasteiger partial charge on any atom is -0.349 e. The molecule has 0 radical (unpaired) electrons. The number of rotatable bonds is 6. The lowest BCUT2D eigenvalue weighted by Gasteiger charge is -2.11. The van der Waals surface area contributed by atoms with Crippen molar-refractivity contribution in [2.45, 2.75) is 45.6 Å². The van der Waals surface area contributed by atoms with Gasteiger partial charge in [0.1, 0.15) is 0 Å². The highest BCUT2D eigenvalue weighted by Gasteiger charge is 2.24. The third-order valence-electron chi connectivity index (χ3n) is 3.31.